The molecule has 1 saturated heterocycles. The van der Waals surface area contributed by atoms with Gasteiger partial charge in [0.15, 0.2) is 0 Å². The van der Waals surface area contributed by atoms with Crippen LogP contribution in [-0.4, -0.2) is 30.0 Å². The summed E-state index contributed by atoms with van der Waals surface area (Å²) in [5.41, 5.74) is 7.46. The molecule has 90 valence electrons. The van der Waals surface area contributed by atoms with Crippen LogP contribution in [0.3, 0.4) is 0 Å². The minimum atomic E-state index is -0.195. The molecule has 1 atom stereocenters. The van der Waals surface area contributed by atoms with E-state index in [1.165, 1.54) is 0 Å². The lowest BCUT2D eigenvalue weighted by Crippen LogP contribution is -2.54. The third-order valence-electron chi connectivity index (χ3n) is 2.98. The average molecular weight is 249 g/mol. The summed E-state index contributed by atoms with van der Waals surface area (Å²) in [4.78, 5) is 14.0. The molecule has 0 aromatic heterocycles. The van der Waals surface area contributed by atoms with Crippen LogP contribution >= 0.6 is 12.2 Å². The van der Waals surface area contributed by atoms with Crippen molar-refractivity contribution in [3.05, 3.63) is 29.8 Å². The van der Waals surface area contributed by atoms with E-state index in [2.05, 4.69) is 5.32 Å². The van der Waals surface area contributed by atoms with Gasteiger partial charge in [-0.05, 0) is 19.1 Å². The number of benzene rings is 1. The Labute approximate surface area is 106 Å². The third-order valence-corrected chi connectivity index (χ3v) is 3.20. The van der Waals surface area contributed by atoms with Gasteiger partial charge in [-0.2, -0.15) is 0 Å². The first-order chi connectivity index (χ1) is 8.11. The highest BCUT2D eigenvalue weighted by atomic mass is 32.1. The van der Waals surface area contributed by atoms with Crippen LogP contribution < -0.4 is 16.0 Å². The van der Waals surface area contributed by atoms with Crippen molar-refractivity contribution >= 4 is 28.8 Å². The quantitative estimate of drug-likeness (QED) is 0.755. The number of nitrogens with zero attached hydrogens (tertiary/aromatic N) is 1. The molecular weight excluding hydrogens is 234 g/mol. The maximum atomic E-state index is 11.6. The van der Waals surface area contributed by atoms with Gasteiger partial charge in [0.2, 0.25) is 5.91 Å². The lowest BCUT2D eigenvalue weighted by atomic mass is 10.1. The number of piperazine rings is 1. The van der Waals surface area contributed by atoms with Crippen LogP contribution in [0.15, 0.2) is 24.3 Å². The predicted octanol–water partition coefficient (Wildman–Crippen LogP) is 0.645. The molecule has 17 heavy (non-hydrogen) atoms. The summed E-state index contributed by atoms with van der Waals surface area (Å²) in [5.74, 6) is 0.0361. The zero-order chi connectivity index (χ0) is 12.4. The fraction of sp³-hybridized carbons (Fsp3) is 0.333. The summed E-state index contributed by atoms with van der Waals surface area (Å²) in [5, 5.41) is 2.84. The molecule has 0 saturated carbocycles. The van der Waals surface area contributed by atoms with E-state index in [1.807, 2.05) is 36.1 Å². The van der Waals surface area contributed by atoms with E-state index in [1.54, 1.807) is 0 Å². The van der Waals surface area contributed by atoms with Crippen molar-refractivity contribution in [3.63, 3.8) is 0 Å². The molecule has 1 aliphatic rings. The molecule has 0 aliphatic carbocycles. The Balaban J connectivity index is 2.39. The van der Waals surface area contributed by atoms with Gasteiger partial charge in [0.25, 0.3) is 0 Å². The number of carbonyl (C=O) groups excluding carboxylic acids is 1. The molecule has 1 aromatic carbocycles. The normalized spacial score (nSPS) is 19.9. The third kappa shape index (κ3) is 2.24. The van der Waals surface area contributed by atoms with Crippen molar-refractivity contribution in [3.8, 4) is 0 Å². The Morgan fingerprint density at radius 1 is 1.53 bits per heavy atom. The molecule has 1 unspecified atom stereocenters. The van der Waals surface area contributed by atoms with E-state index in [9.17, 15) is 4.79 Å². The second-order valence-electron chi connectivity index (χ2n) is 4.04. The Bertz CT molecular complexity index is 461. The molecule has 1 amide bonds. The molecular formula is C12H15N3OS. The van der Waals surface area contributed by atoms with E-state index in [0.29, 0.717) is 11.5 Å². The van der Waals surface area contributed by atoms with Gasteiger partial charge in [0, 0.05) is 24.3 Å². The first-order valence-electron chi connectivity index (χ1n) is 5.54. The van der Waals surface area contributed by atoms with Gasteiger partial charge in [-0.15, -0.1) is 0 Å². The van der Waals surface area contributed by atoms with Crippen LogP contribution in [-0.2, 0) is 4.79 Å². The van der Waals surface area contributed by atoms with Crippen molar-refractivity contribution in [1.29, 1.82) is 0 Å². The number of rotatable bonds is 2. The monoisotopic (exact) mass is 249 g/mol. The summed E-state index contributed by atoms with van der Waals surface area (Å²) in [6, 6.07) is 7.46. The largest absolute Gasteiger partial charge is 0.389 e. The van der Waals surface area contributed by atoms with Crippen LogP contribution in [0.1, 0.15) is 12.5 Å². The highest BCUT2D eigenvalue weighted by Crippen LogP contribution is 2.23. The van der Waals surface area contributed by atoms with Gasteiger partial charge in [-0.3, -0.25) is 4.79 Å². The van der Waals surface area contributed by atoms with Gasteiger partial charge in [-0.25, -0.2) is 0 Å². The molecule has 0 bridgehead atoms. The molecule has 1 heterocycles. The topological polar surface area (TPSA) is 58.4 Å². The molecule has 4 nitrogen and oxygen atoms in total. The van der Waals surface area contributed by atoms with Crippen LogP contribution in [0, 0.1) is 0 Å². The standard InChI is InChI=1S/C12H15N3OS/c1-8-12(16)14-6-7-15(8)10-5-3-2-4-9(10)11(13)17/h2-5,8H,6-7H2,1H3,(H2,13,17)(H,14,16). The molecule has 5 heteroatoms. The molecule has 1 fully saturated rings. The van der Waals surface area contributed by atoms with E-state index >= 15 is 0 Å². The predicted molar refractivity (Wildman–Crippen MR) is 72.1 cm³/mol. The summed E-state index contributed by atoms with van der Waals surface area (Å²) in [6.45, 7) is 3.30. The Kier molecular flexibility index (Phi) is 3.28. The molecule has 3 N–H and O–H groups in total. The van der Waals surface area contributed by atoms with Gasteiger partial charge < -0.3 is 16.0 Å². The van der Waals surface area contributed by atoms with E-state index < -0.39 is 0 Å². The van der Waals surface area contributed by atoms with E-state index in [-0.39, 0.29) is 11.9 Å². The molecule has 0 spiro atoms. The van der Waals surface area contributed by atoms with Crippen LogP contribution in [0.4, 0.5) is 5.69 Å². The zero-order valence-corrected chi connectivity index (χ0v) is 10.5. The minimum absolute atomic E-state index is 0.0361. The summed E-state index contributed by atoms with van der Waals surface area (Å²) >= 11 is 5.04. The van der Waals surface area contributed by atoms with Gasteiger partial charge in [0.1, 0.15) is 11.0 Å². The Morgan fingerprint density at radius 2 is 2.24 bits per heavy atom. The number of nitrogens with one attached hydrogen (secondary N) is 1. The number of amides is 1. The van der Waals surface area contributed by atoms with Crippen molar-refractivity contribution in [2.75, 3.05) is 18.0 Å². The van der Waals surface area contributed by atoms with Gasteiger partial charge in [0.05, 0.1) is 0 Å². The highest BCUT2D eigenvalue weighted by molar-refractivity contribution is 7.80. The first-order valence-corrected chi connectivity index (χ1v) is 5.95. The van der Waals surface area contributed by atoms with Crippen molar-refractivity contribution < 1.29 is 4.79 Å². The lowest BCUT2D eigenvalue weighted by molar-refractivity contribution is -0.122. The van der Waals surface area contributed by atoms with Gasteiger partial charge >= 0.3 is 0 Å². The fourth-order valence-electron chi connectivity index (χ4n) is 2.04. The number of hydrogen-bond donors (Lipinski definition) is 2. The number of nitrogens with two attached hydrogens (primary N) is 1. The second-order valence-corrected chi connectivity index (χ2v) is 4.48. The minimum Gasteiger partial charge on any atom is -0.389 e. The van der Waals surface area contributed by atoms with Gasteiger partial charge in [-0.1, -0.05) is 24.4 Å². The van der Waals surface area contributed by atoms with E-state index in [4.69, 9.17) is 18.0 Å². The molecule has 0 radical (unpaired) electrons. The number of thiocarbonyl (C=S) groups is 1. The van der Waals surface area contributed by atoms with Crippen LogP contribution in [0.25, 0.3) is 0 Å². The van der Waals surface area contributed by atoms with E-state index in [0.717, 1.165) is 17.8 Å². The zero-order valence-electron chi connectivity index (χ0n) is 9.64. The maximum Gasteiger partial charge on any atom is 0.242 e. The summed E-state index contributed by atoms with van der Waals surface area (Å²) < 4.78 is 0. The molecule has 2 rings (SSSR count). The van der Waals surface area contributed by atoms with Crippen molar-refractivity contribution in [2.24, 2.45) is 5.73 Å². The summed E-state index contributed by atoms with van der Waals surface area (Å²) in [6.07, 6.45) is 0. The Hall–Kier alpha value is -1.62. The average Bonchev–Trinajstić information content (AvgIpc) is 2.33. The number of carbonyl (C=O) groups is 1. The Morgan fingerprint density at radius 3 is 2.94 bits per heavy atom. The van der Waals surface area contributed by atoms with Crippen molar-refractivity contribution in [2.45, 2.75) is 13.0 Å². The highest BCUT2D eigenvalue weighted by Gasteiger charge is 2.27. The molecule has 1 aromatic rings. The molecule has 1 aliphatic heterocycles. The number of hydrogen-bond acceptors (Lipinski definition) is 3. The fourth-order valence-corrected chi connectivity index (χ4v) is 2.22. The van der Waals surface area contributed by atoms with Crippen LogP contribution in [0.5, 0.6) is 0 Å². The smallest absolute Gasteiger partial charge is 0.242 e. The van der Waals surface area contributed by atoms with Crippen LogP contribution in [0.2, 0.25) is 0 Å². The lowest BCUT2D eigenvalue weighted by Gasteiger charge is -2.35. The van der Waals surface area contributed by atoms with Crippen molar-refractivity contribution in [1.82, 2.24) is 5.32 Å². The summed E-state index contributed by atoms with van der Waals surface area (Å²) in [7, 11) is 0. The maximum absolute atomic E-state index is 11.6. The first kappa shape index (κ1) is 11.9. The number of anilines is 1. The SMILES string of the molecule is CC1C(=O)NCCN1c1ccccc1C(N)=S. The second kappa shape index (κ2) is 4.71. The number of para-hydroxylation sites is 1.